The first kappa shape index (κ1) is 20.0. The fourth-order valence-electron chi connectivity index (χ4n) is 5.09. The molecule has 37 heavy (non-hydrogen) atoms. The third kappa shape index (κ3) is 2.96. The Morgan fingerprint density at radius 3 is 2.16 bits per heavy atom. The topological polar surface area (TPSA) is 61.2 Å². The fraction of sp³-hybridized carbons (Fsp3) is 0. The summed E-state index contributed by atoms with van der Waals surface area (Å²) in [6.45, 7) is 0. The predicted octanol–water partition coefficient (Wildman–Crippen LogP) is 7.30. The van der Waals surface area contributed by atoms with Crippen LogP contribution in [-0.4, -0.2) is 23.9 Å². The first-order valence-corrected chi connectivity index (χ1v) is 12.1. The maximum absolute atomic E-state index is 6.46. The molecule has 0 saturated carbocycles. The number of benzene rings is 4. The molecule has 8 aromatic rings. The van der Waals surface area contributed by atoms with E-state index in [2.05, 4.69) is 28.7 Å². The van der Waals surface area contributed by atoms with Crippen LogP contribution in [0.3, 0.4) is 0 Å². The highest BCUT2D eigenvalue weighted by atomic mass is 16.3. The highest BCUT2D eigenvalue weighted by Crippen LogP contribution is 2.36. The van der Waals surface area contributed by atoms with Gasteiger partial charge in [0.2, 0.25) is 11.5 Å². The zero-order valence-corrected chi connectivity index (χ0v) is 19.6. The Kier molecular flexibility index (Phi) is 4.13. The molecule has 0 saturated heterocycles. The van der Waals surface area contributed by atoms with E-state index >= 15 is 0 Å². The van der Waals surface area contributed by atoms with Gasteiger partial charge in [0.05, 0.1) is 16.7 Å². The molecule has 0 atom stereocenters. The van der Waals surface area contributed by atoms with Crippen molar-refractivity contribution in [3.63, 3.8) is 0 Å². The van der Waals surface area contributed by atoms with E-state index < -0.39 is 0 Å². The number of hydrogen-bond acceptors (Lipinski definition) is 4. The van der Waals surface area contributed by atoms with Gasteiger partial charge in [-0.25, -0.2) is 19.5 Å². The lowest BCUT2D eigenvalue weighted by atomic mass is 10.1. The monoisotopic (exact) mass is 477 g/mol. The number of furan rings is 1. The van der Waals surface area contributed by atoms with Crippen molar-refractivity contribution in [2.24, 2.45) is 0 Å². The maximum atomic E-state index is 6.46. The number of nitrogens with zero attached hydrogens (tertiary/aromatic N) is 5. The summed E-state index contributed by atoms with van der Waals surface area (Å²) in [5.41, 5.74) is 7.22. The van der Waals surface area contributed by atoms with Crippen molar-refractivity contribution < 1.29 is 4.42 Å². The summed E-state index contributed by atoms with van der Waals surface area (Å²) < 4.78 is 10.6. The van der Waals surface area contributed by atoms with Gasteiger partial charge in [-0.2, -0.15) is 0 Å². The molecule has 0 bridgehead atoms. The van der Waals surface area contributed by atoms with Crippen LogP contribution >= 0.6 is 0 Å². The van der Waals surface area contributed by atoms with E-state index in [-0.39, 0.29) is 0 Å². The van der Waals surface area contributed by atoms with Gasteiger partial charge in [-0.3, -0.25) is 4.40 Å². The summed E-state index contributed by atoms with van der Waals surface area (Å²) in [4.78, 5) is 15.0. The van der Waals surface area contributed by atoms with Gasteiger partial charge >= 0.3 is 0 Å². The van der Waals surface area contributed by atoms with Gasteiger partial charge in [0.15, 0.2) is 5.82 Å². The number of hydrogen-bond donors (Lipinski definition) is 0. The summed E-state index contributed by atoms with van der Waals surface area (Å²) in [6, 6.07) is 38.5. The standard InChI is InChI=1S/C31H19N5O/c1-3-11-20(12-4-1)24-19-27(34-29(32-24)21-13-5-2-6-14-21)36-30-28(22-15-7-10-18-26(22)37-30)35-25-17-9-8-16-23(25)33-31(35)36/h1-19H. The van der Waals surface area contributed by atoms with Gasteiger partial charge in [0.25, 0.3) is 0 Å². The van der Waals surface area contributed by atoms with Crippen LogP contribution in [0.4, 0.5) is 0 Å². The fourth-order valence-corrected chi connectivity index (χ4v) is 5.09. The van der Waals surface area contributed by atoms with E-state index in [4.69, 9.17) is 19.4 Å². The van der Waals surface area contributed by atoms with Crippen LogP contribution in [0.2, 0.25) is 0 Å². The minimum Gasteiger partial charge on any atom is -0.437 e. The molecule has 0 aliphatic rings. The molecule has 174 valence electrons. The molecule has 6 nitrogen and oxygen atoms in total. The molecule has 4 aromatic heterocycles. The van der Waals surface area contributed by atoms with E-state index in [0.717, 1.165) is 50.1 Å². The van der Waals surface area contributed by atoms with Crippen LogP contribution in [0.5, 0.6) is 0 Å². The quantitative estimate of drug-likeness (QED) is 0.268. The van der Waals surface area contributed by atoms with Crippen molar-refractivity contribution in [2.75, 3.05) is 0 Å². The van der Waals surface area contributed by atoms with Gasteiger partial charge < -0.3 is 4.42 Å². The molecule has 4 heterocycles. The van der Waals surface area contributed by atoms with Crippen LogP contribution in [-0.2, 0) is 0 Å². The lowest BCUT2D eigenvalue weighted by molar-refractivity contribution is 0.643. The van der Waals surface area contributed by atoms with E-state index in [9.17, 15) is 0 Å². The summed E-state index contributed by atoms with van der Waals surface area (Å²) >= 11 is 0. The second kappa shape index (κ2) is 7.63. The van der Waals surface area contributed by atoms with Gasteiger partial charge in [-0.05, 0) is 24.3 Å². The second-order valence-corrected chi connectivity index (χ2v) is 8.99. The molecular weight excluding hydrogens is 458 g/mol. The normalized spacial score (nSPS) is 11.8. The molecule has 0 fully saturated rings. The number of imidazole rings is 2. The molecule has 0 spiro atoms. The Morgan fingerprint density at radius 2 is 1.32 bits per heavy atom. The van der Waals surface area contributed by atoms with E-state index in [1.54, 1.807) is 0 Å². The maximum Gasteiger partial charge on any atom is 0.233 e. The Hall–Kier alpha value is -5.23. The Bertz CT molecular complexity index is 1940. The van der Waals surface area contributed by atoms with Crippen molar-refractivity contribution in [3.8, 4) is 28.5 Å². The van der Waals surface area contributed by atoms with Crippen molar-refractivity contribution in [3.05, 3.63) is 115 Å². The van der Waals surface area contributed by atoms with Crippen LogP contribution in [0.15, 0.2) is 120 Å². The molecule has 0 aliphatic heterocycles. The van der Waals surface area contributed by atoms with E-state index in [0.29, 0.717) is 17.4 Å². The van der Waals surface area contributed by atoms with Crippen LogP contribution in [0.25, 0.3) is 67.5 Å². The van der Waals surface area contributed by atoms with Crippen molar-refractivity contribution in [1.29, 1.82) is 0 Å². The molecule has 8 rings (SSSR count). The van der Waals surface area contributed by atoms with Crippen LogP contribution in [0, 0.1) is 0 Å². The molecule has 6 heteroatoms. The third-order valence-electron chi connectivity index (χ3n) is 6.76. The second-order valence-electron chi connectivity index (χ2n) is 8.99. The number of aromatic nitrogens is 5. The molecule has 0 aliphatic carbocycles. The van der Waals surface area contributed by atoms with Crippen molar-refractivity contribution in [1.82, 2.24) is 23.9 Å². The highest BCUT2D eigenvalue weighted by molar-refractivity contribution is 6.06. The molecule has 0 N–H and O–H groups in total. The Labute approximate surface area is 211 Å². The van der Waals surface area contributed by atoms with Gasteiger partial charge in [-0.15, -0.1) is 0 Å². The first-order valence-electron chi connectivity index (χ1n) is 12.1. The third-order valence-corrected chi connectivity index (χ3v) is 6.76. The van der Waals surface area contributed by atoms with E-state index in [1.165, 1.54) is 0 Å². The number of para-hydroxylation sites is 3. The lowest BCUT2D eigenvalue weighted by Gasteiger charge is -2.10. The smallest absolute Gasteiger partial charge is 0.233 e. The summed E-state index contributed by atoms with van der Waals surface area (Å²) in [7, 11) is 0. The predicted molar refractivity (Wildman–Crippen MR) is 146 cm³/mol. The number of fused-ring (bicyclic) bond motifs is 7. The van der Waals surface area contributed by atoms with Gasteiger partial charge in [0.1, 0.15) is 16.9 Å². The molecule has 4 aromatic carbocycles. The first-order chi connectivity index (χ1) is 18.3. The summed E-state index contributed by atoms with van der Waals surface area (Å²) in [5, 5.41) is 1.03. The summed E-state index contributed by atoms with van der Waals surface area (Å²) in [6.07, 6.45) is 0. The molecule has 0 unspecified atom stereocenters. The number of rotatable bonds is 3. The van der Waals surface area contributed by atoms with E-state index in [1.807, 2.05) is 95.6 Å². The Morgan fingerprint density at radius 1 is 0.622 bits per heavy atom. The zero-order chi connectivity index (χ0) is 24.3. The van der Waals surface area contributed by atoms with Gasteiger partial charge in [-0.1, -0.05) is 84.9 Å². The Balaban J connectivity index is 1.52. The minimum absolute atomic E-state index is 0.643. The van der Waals surface area contributed by atoms with Crippen LogP contribution in [0.1, 0.15) is 0 Å². The average Bonchev–Trinajstić information content (AvgIpc) is 3.61. The zero-order valence-electron chi connectivity index (χ0n) is 19.6. The van der Waals surface area contributed by atoms with Crippen LogP contribution < -0.4 is 0 Å². The molecular formula is C31H19N5O. The molecule has 0 amide bonds. The van der Waals surface area contributed by atoms with Gasteiger partial charge in [0, 0.05) is 22.6 Å². The van der Waals surface area contributed by atoms with Crippen molar-refractivity contribution in [2.45, 2.75) is 0 Å². The average molecular weight is 478 g/mol. The molecule has 0 radical (unpaired) electrons. The minimum atomic E-state index is 0.643. The highest BCUT2D eigenvalue weighted by Gasteiger charge is 2.24. The largest absolute Gasteiger partial charge is 0.437 e. The SMILES string of the molecule is c1ccc(-c2cc(-n3c4oc5ccccc5c4n4c5ccccc5nc34)nc(-c3ccccc3)n2)cc1. The summed E-state index contributed by atoms with van der Waals surface area (Å²) in [5.74, 6) is 2.09. The van der Waals surface area contributed by atoms with Crippen molar-refractivity contribution >= 4 is 39.0 Å². The lowest BCUT2D eigenvalue weighted by Crippen LogP contribution is -2.03.